The minimum absolute atomic E-state index is 0.107. The molecule has 0 saturated carbocycles. The lowest BCUT2D eigenvalue weighted by atomic mass is 9.92. The predicted molar refractivity (Wildman–Crippen MR) is 109 cm³/mol. The van der Waals surface area contributed by atoms with Crippen LogP contribution in [0.15, 0.2) is 24.3 Å². The molecule has 3 aliphatic heterocycles. The van der Waals surface area contributed by atoms with E-state index in [1.807, 2.05) is 4.90 Å². The monoisotopic (exact) mass is 432 g/mol. The average molecular weight is 432 g/mol. The van der Waals surface area contributed by atoms with Crippen LogP contribution in [0.1, 0.15) is 25.3 Å². The van der Waals surface area contributed by atoms with Crippen LogP contribution < -0.4 is 15.5 Å². The summed E-state index contributed by atoms with van der Waals surface area (Å²) in [5.41, 5.74) is 1.79. The highest BCUT2D eigenvalue weighted by molar-refractivity contribution is 6.08. The molecule has 0 aromatic heterocycles. The van der Waals surface area contributed by atoms with E-state index in [2.05, 4.69) is 10.7 Å². The van der Waals surface area contributed by atoms with Gasteiger partial charge in [0.1, 0.15) is 11.3 Å². The number of benzene rings is 1. The fraction of sp³-hybridized carbons (Fsp3) is 0.571. The summed E-state index contributed by atoms with van der Waals surface area (Å²) in [4.78, 5) is 39.9. The summed E-state index contributed by atoms with van der Waals surface area (Å²) in [6.07, 6.45) is 1.60. The highest BCUT2D eigenvalue weighted by Crippen LogP contribution is 2.29. The van der Waals surface area contributed by atoms with Gasteiger partial charge < -0.3 is 19.5 Å². The second kappa shape index (κ2) is 8.81. The van der Waals surface area contributed by atoms with Crippen LogP contribution in [-0.2, 0) is 24.6 Å². The largest absolute Gasteiger partial charge is 0.497 e. The summed E-state index contributed by atoms with van der Waals surface area (Å²) in [7, 11) is 1.55. The first-order valence-corrected chi connectivity index (χ1v) is 10.5. The summed E-state index contributed by atoms with van der Waals surface area (Å²) in [6.45, 7) is 4.44. The van der Waals surface area contributed by atoms with Gasteiger partial charge in [0, 0.05) is 5.92 Å². The Bertz CT molecular complexity index is 833. The van der Waals surface area contributed by atoms with Crippen molar-refractivity contribution in [1.29, 1.82) is 0 Å². The third kappa shape index (κ3) is 4.36. The summed E-state index contributed by atoms with van der Waals surface area (Å²) in [5.74, 6) is 0.0293. The minimum Gasteiger partial charge on any atom is -0.497 e. The molecular formula is C21H28N4O6. The maximum atomic E-state index is 13.0. The molecule has 1 aromatic rings. The first-order chi connectivity index (χ1) is 14.9. The molecule has 3 aliphatic rings. The Kier molecular flexibility index (Phi) is 6.12. The Balaban J connectivity index is 1.32. The molecule has 0 unspecified atom stereocenters. The van der Waals surface area contributed by atoms with Crippen LogP contribution in [0.3, 0.4) is 0 Å². The summed E-state index contributed by atoms with van der Waals surface area (Å²) in [6, 6.07) is 6.19. The average Bonchev–Trinajstić information content (AvgIpc) is 3.38. The highest BCUT2D eigenvalue weighted by Gasteiger charge is 2.50. The van der Waals surface area contributed by atoms with Crippen molar-refractivity contribution in [3.05, 3.63) is 29.8 Å². The molecule has 0 radical (unpaired) electrons. The Labute approximate surface area is 180 Å². The number of nitrogens with one attached hydrogen (secondary N) is 2. The maximum absolute atomic E-state index is 13.0. The van der Waals surface area contributed by atoms with E-state index in [4.69, 9.17) is 14.2 Å². The number of nitrogens with zero attached hydrogens (tertiary/aromatic N) is 2. The molecule has 3 heterocycles. The van der Waals surface area contributed by atoms with Crippen LogP contribution in [0.4, 0.5) is 4.79 Å². The number of likely N-dealkylation sites (tertiary alicyclic amines) is 1. The Hall–Kier alpha value is -2.69. The van der Waals surface area contributed by atoms with E-state index in [0.717, 1.165) is 30.9 Å². The number of imide groups is 1. The number of piperidine rings is 1. The van der Waals surface area contributed by atoms with E-state index < -0.39 is 23.4 Å². The molecular weight excluding hydrogens is 404 g/mol. The first-order valence-electron chi connectivity index (χ1n) is 10.5. The molecule has 1 aromatic carbocycles. The van der Waals surface area contributed by atoms with Gasteiger partial charge in [-0.15, -0.1) is 0 Å². The Morgan fingerprint density at radius 2 is 1.84 bits per heavy atom. The number of carbonyl (C=O) groups excluding carboxylic acids is 3. The fourth-order valence-corrected chi connectivity index (χ4v) is 4.26. The van der Waals surface area contributed by atoms with E-state index in [-0.39, 0.29) is 12.8 Å². The van der Waals surface area contributed by atoms with Crippen molar-refractivity contribution in [2.45, 2.75) is 31.6 Å². The zero-order valence-corrected chi connectivity index (χ0v) is 17.8. The molecule has 2 N–H and O–H groups in total. The topological polar surface area (TPSA) is 109 Å². The SMILES string of the molecule is COc1ccc([C@]2(C)NC(=O)N(NC(=O)CN3CCC(C4OCCO4)CC3)C2=O)cc1. The standard InChI is InChI=1S/C21H28N4O6/c1-21(15-3-5-16(29-2)6-4-15)19(27)25(20(28)22-21)23-17(26)13-24-9-7-14(8-10-24)18-30-11-12-31-18/h3-6,14,18H,7-13H2,1-2H3,(H,22,28)(H,23,26)/t21-/m0/s1. The van der Waals surface area contributed by atoms with E-state index in [1.165, 1.54) is 0 Å². The van der Waals surface area contributed by atoms with Crippen molar-refractivity contribution in [3.63, 3.8) is 0 Å². The number of amides is 4. The molecule has 4 rings (SSSR count). The lowest BCUT2D eigenvalue weighted by molar-refractivity contribution is -0.139. The van der Waals surface area contributed by atoms with Gasteiger partial charge in [0.05, 0.1) is 26.9 Å². The number of ether oxygens (including phenoxy) is 3. The summed E-state index contributed by atoms with van der Waals surface area (Å²) >= 11 is 0. The lowest BCUT2D eigenvalue weighted by Gasteiger charge is -2.33. The number of methoxy groups -OCH3 is 1. The normalized spacial score (nSPS) is 25.7. The Morgan fingerprint density at radius 1 is 1.19 bits per heavy atom. The summed E-state index contributed by atoms with van der Waals surface area (Å²) < 4.78 is 16.3. The van der Waals surface area contributed by atoms with Crippen molar-refractivity contribution in [1.82, 2.24) is 20.7 Å². The van der Waals surface area contributed by atoms with E-state index in [0.29, 0.717) is 30.4 Å². The van der Waals surface area contributed by atoms with Gasteiger partial charge >= 0.3 is 6.03 Å². The van der Waals surface area contributed by atoms with Gasteiger partial charge in [0.25, 0.3) is 11.8 Å². The second-order valence-electron chi connectivity index (χ2n) is 8.18. The van der Waals surface area contributed by atoms with E-state index in [1.54, 1.807) is 38.3 Å². The first kappa shape index (κ1) is 21.5. The van der Waals surface area contributed by atoms with Crippen molar-refractivity contribution in [2.24, 2.45) is 5.92 Å². The second-order valence-corrected chi connectivity index (χ2v) is 8.18. The zero-order chi connectivity index (χ0) is 22.0. The molecule has 4 amide bonds. The van der Waals surface area contributed by atoms with Crippen LogP contribution >= 0.6 is 0 Å². The number of hydrogen-bond donors (Lipinski definition) is 2. The molecule has 0 aliphatic carbocycles. The lowest BCUT2D eigenvalue weighted by Crippen LogP contribution is -2.51. The van der Waals surface area contributed by atoms with Crippen LogP contribution in [0.25, 0.3) is 0 Å². The van der Waals surface area contributed by atoms with Crippen molar-refractivity contribution in [2.75, 3.05) is 40.0 Å². The minimum atomic E-state index is -1.27. The third-order valence-electron chi connectivity index (χ3n) is 6.13. The van der Waals surface area contributed by atoms with Crippen molar-refractivity contribution in [3.8, 4) is 5.75 Å². The zero-order valence-electron chi connectivity index (χ0n) is 17.8. The molecule has 0 bridgehead atoms. The number of carbonyl (C=O) groups is 3. The molecule has 1 atom stereocenters. The van der Waals surface area contributed by atoms with Gasteiger partial charge in [-0.25, -0.2) is 4.79 Å². The predicted octanol–water partition coefficient (Wildman–Crippen LogP) is 0.578. The quantitative estimate of drug-likeness (QED) is 0.633. The number of urea groups is 1. The highest BCUT2D eigenvalue weighted by atomic mass is 16.7. The maximum Gasteiger partial charge on any atom is 0.344 e. The fourth-order valence-electron chi connectivity index (χ4n) is 4.26. The summed E-state index contributed by atoms with van der Waals surface area (Å²) in [5, 5.41) is 3.43. The van der Waals surface area contributed by atoms with Gasteiger partial charge in [-0.05, 0) is 50.6 Å². The molecule has 3 saturated heterocycles. The van der Waals surface area contributed by atoms with Crippen molar-refractivity contribution >= 4 is 17.8 Å². The molecule has 0 spiro atoms. The van der Waals surface area contributed by atoms with E-state index >= 15 is 0 Å². The van der Waals surface area contributed by atoms with Crippen LogP contribution in [0.5, 0.6) is 5.75 Å². The van der Waals surface area contributed by atoms with Crippen LogP contribution in [-0.4, -0.2) is 74.0 Å². The molecule has 3 fully saturated rings. The van der Waals surface area contributed by atoms with E-state index in [9.17, 15) is 14.4 Å². The third-order valence-corrected chi connectivity index (χ3v) is 6.13. The molecule has 31 heavy (non-hydrogen) atoms. The van der Waals surface area contributed by atoms with Gasteiger partial charge in [0.15, 0.2) is 6.29 Å². The smallest absolute Gasteiger partial charge is 0.344 e. The van der Waals surface area contributed by atoms with Gasteiger partial charge in [-0.3, -0.25) is 19.9 Å². The molecule has 10 nitrogen and oxygen atoms in total. The number of rotatable bonds is 6. The molecule has 168 valence electrons. The Morgan fingerprint density at radius 3 is 2.45 bits per heavy atom. The van der Waals surface area contributed by atoms with Gasteiger partial charge in [0.2, 0.25) is 0 Å². The van der Waals surface area contributed by atoms with Crippen LogP contribution in [0, 0.1) is 5.92 Å². The number of hydrazine groups is 1. The van der Waals surface area contributed by atoms with Crippen LogP contribution in [0.2, 0.25) is 0 Å². The number of hydrogen-bond acceptors (Lipinski definition) is 7. The van der Waals surface area contributed by atoms with Gasteiger partial charge in [-0.2, -0.15) is 5.01 Å². The van der Waals surface area contributed by atoms with Gasteiger partial charge in [-0.1, -0.05) is 12.1 Å². The molecule has 10 heteroatoms. The van der Waals surface area contributed by atoms with Crippen molar-refractivity contribution < 1.29 is 28.6 Å².